The summed E-state index contributed by atoms with van der Waals surface area (Å²) < 4.78 is 29.2. The number of sulfonamides is 1. The minimum absolute atomic E-state index is 0.0227. The molecule has 0 radical (unpaired) electrons. The van der Waals surface area contributed by atoms with Gasteiger partial charge in [0.2, 0.25) is 10.0 Å². The molecule has 1 atom stereocenters. The van der Waals surface area contributed by atoms with Crippen molar-refractivity contribution in [2.45, 2.75) is 61.4 Å². The van der Waals surface area contributed by atoms with Crippen LogP contribution in [0.2, 0.25) is 0 Å². The van der Waals surface area contributed by atoms with Crippen LogP contribution < -0.4 is 10.0 Å². The summed E-state index contributed by atoms with van der Waals surface area (Å²) in [5, 5.41) is 7.59. The lowest BCUT2D eigenvalue weighted by Gasteiger charge is -2.44. The van der Waals surface area contributed by atoms with Gasteiger partial charge in [-0.3, -0.25) is 4.68 Å². The van der Waals surface area contributed by atoms with Crippen molar-refractivity contribution in [3.63, 3.8) is 0 Å². The maximum absolute atomic E-state index is 12.4. The molecule has 2 aliphatic rings. The predicted molar refractivity (Wildman–Crippen MR) is 80.4 cm³/mol. The molecule has 1 aliphatic carbocycles. The fraction of sp³-hybridized carbons (Fsp3) is 0.786. The molecule has 0 aromatic carbocycles. The monoisotopic (exact) mass is 312 g/mol. The van der Waals surface area contributed by atoms with Crippen LogP contribution in [0.5, 0.6) is 0 Å². The number of hydrogen-bond acceptors (Lipinski definition) is 4. The summed E-state index contributed by atoms with van der Waals surface area (Å²) >= 11 is 0. The van der Waals surface area contributed by atoms with Crippen LogP contribution >= 0.6 is 0 Å². The summed E-state index contributed by atoms with van der Waals surface area (Å²) in [5.74, 6) is 0. The van der Waals surface area contributed by atoms with E-state index in [9.17, 15) is 8.42 Å². The molecule has 0 amide bonds. The van der Waals surface area contributed by atoms with Crippen LogP contribution in [0, 0.1) is 0 Å². The zero-order valence-corrected chi connectivity index (χ0v) is 13.3. The Morgan fingerprint density at radius 2 is 2.14 bits per heavy atom. The van der Waals surface area contributed by atoms with Crippen LogP contribution in [-0.4, -0.2) is 36.3 Å². The van der Waals surface area contributed by atoms with Crippen LogP contribution in [-0.2, 0) is 17.1 Å². The third kappa shape index (κ3) is 3.30. The highest BCUT2D eigenvalue weighted by molar-refractivity contribution is 7.89. The second-order valence-corrected chi connectivity index (χ2v) is 8.14. The molecule has 1 unspecified atom stereocenters. The van der Waals surface area contributed by atoms with Gasteiger partial charge in [-0.2, -0.15) is 5.10 Å². The number of piperidine rings is 1. The molecule has 7 heteroatoms. The van der Waals surface area contributed by atoms with Gasteiger partial charge in [0.25, 0.3) is 0 Å². The van der Waals surface area contributed by atoms with Crippen LogP contribution in [0.1, 0.15) is 44.9 Å². The number of aryl methyl sites for hydroxylation is 1. The first kappa shape index (κ1) is 15.0. The first-order chi connectivity index (χ1) is 9.99. The Hall–Kier alpha value is -0.920. The van der Waals surface area contributed by atoms with E-state index in [1.165, 1.54) is 30.1 Å². The standard InChI is InChI=1S/C14H24N4O2S/c1-18-11-13(10-16-18)21(19,20)17-12-5-8-15-14(9-12)6-3-2-4-7-14/h10-12,15,17H,2-9H2,1H3. The van der Waals surface area contributed by atoms with Gasteiger partial charge in [0, 0.05) is 24.8 Å². The third-order valence-corrected chi connectivity index (χ3v) is 6.23. The smallest absolute Gasteiger partial charge is 0.243 e. The predicted octanol–water partition coefficient (Wildman–Crippen LogP) is 1.15. The van der Waals surface area contributed by atoms with Crippen LogP contribution in [0.3, 0.4) is 0 Å². The first-order valence-corrected chi connectivity index (χ1v) is 9.24. The van der Waals surface area contributed by atoms with Crippen molar-refractivity contribution in [1.82, 2.24) is 19.8 Å². The topological polar surface area (TPSA) is 76.0 Å². The quantitative estimate of drug-likeness (QED) is 0.878. The van der Waals surface area contributed by atoms with Gasteiger partial charge in [-0.1, -0.05) is 19.3 Å². The molecular weight excluding hydrogens is 288 g/mol. The fourth-order valence-corrected chi connectivity index (χ4v) is 4.95. The SMILES string of the molecule is Cn1cc(S(=O)(=O)NC2CCNC3(CCCCC3)C2)cn1. The van der Waals surface area contributed by atoms with Crippen molar-refractivity contribution >= 4 is 10.0 Å². The summed E-state index contributed by atoms with van der Waals surface area (Å²) in [5.41, 5.74) is 0.151. The minimum Gasteiger partial charge on any atom is -0.311 e. The summed E-state index contributed by atoms with van der Waals surface area (Å²) in [6, 6.07) is 0.0227. The van der Waals surface area contributed by atoms with Crippen molar-refractivity contribution in [3.8, 4) is 0 Å². The highest BCUT2D eigenvalue weighted by Crippen LogP contribution is 2.35. The van der Waals surface area contributed by atoms with Crippen molar-refractivity contribution in [2.24, 2.45) is 7.05 Å². The Balaban J connectivity index is 1.69. The first-order valence-electron chi connectivity index (χ1n) is 7.75. The molecule has 2 heterocycles. The lowest BCUT2D eigenvalue weighted by atomic mass is 9.75. The Bertz CT molecular complexity index is 584. The zero-order chi connectivity index (χ0) is 14.9. The summed E-state index contributed by atoms with van der Waals surface area (Å²) in [7, 11) is -1.73. The van der Waals surface area contributed by atoms with Gasteiger partial charge in [-0.15, -0.1) is 0 Å². The van der Waals surface area contributed by atoms with Gasteiger partial charge < -0.3 is 5.32 Å². The molecule has 2 fully saturated rings. The summed E-state index contributed by atoms with van der Waals surface area (Å²) in [6.45, 7) is 0.889. The molecule has 1 aliphatic heterocycles. The van der Waals surface area contributed by atoms with E-state index < -0.39 is 10.0 Å². The molecule has 2 N–H and O–H groups in total. The highest BCUT2D eigenvalue weighted by atomic mass is 32.2. The van der Waals surface area contributed by atoms with Crippen LogP contribution in [0.4, 0.5) is 0 Å². The number of rotatable bonds is 3. The maximum atomic E-state index is 12.4. The molecule has 1 aromatic rings. The van der Waals surface area contributed by atoms with Crippen LogP contribution in [0.15, 0.2) is 17.3 Å². The van der Waals surface area contributed by atoms with Gasteiger partial charge >= 0.3 is 0 Å². The molecule has 21 heavy (non-hydrogen) atoms. The van der Waals surface area contributed by atoms with E-state index >= 15 is 0 Å². The van der Waals surface area contributed by atoms with Gasteiger partial charge in [-0.25, -0.2) is 13.1 Å². The Morgan fingerprint density at radius 3 is 2.81 bits per heavy atom. The molecule has 118 valence electrons. The van der Waals surface area contributed by atoms with E-state index in [-0.39, 0.29) is 16.5 Å². The van der Waals surface area contributed by atoms with Gasteiger partial charge in [0.05, 0.1) is 6.20 Å². The second kappa shape index (κ2) is 5.70. The number of nitrogens with zero attached hydrogens (tertiary/aromatic N) is 2. The average Bonchev–Trinajstić information content (AvgIpc) is 2.87. The normalized spacial score (nSPS) is 26.0. The van der Waals surface area contributed by atoms with Crippen molar-refractivity contribution < 1.29 is 8.42 Å². The van der Waals surface area contributed by atoms with Crippen molar-refractivity contribution in [1.29, 1.82) is 0 Å². The number of aromatic nitrogens is 2. The molecule has 1 saturated carbocycles. The molecule has 1 saturated heterocycles. The van der Waals surface area contributed by atoms with Crippen molar-refractivity contribution in [3.05, 3.63) is 12.4 Å². The molecule has 3 rings (SSSR count). The molecular formula is C14H24N4O2S. The van der Waals surface area contributed by atoms with Crippen molar-refractivity contribution in [2.75, 3.05) is 6.54 Å². The van der Waals surface area contributed by atoms with Crippen LogP contribution in [0.25, 0.3) is 0 Å². The molecule has 6 nitrogen and oxygen atoms in total. The molecule has 0 bridgehead atoms. The average molecular weight is 312 g/mol. The van der Waals surface area contributed by atoms with E-state index in [2.05, 4.69) is 15.1 Å². The Labute approximate surface area is 126 Å². The minimum atomic E-state index is -3.46. The van der Waals surface area contributed by atoms with Gasteiger partial charge in [-0.05, 0) is 32.2 Å². The fourth-order valence-electron chi connectivity index (χ4n) is 3.69. The van der Waals surface area contributed by atoms with Gasteiger partial charge in [0.15, 0.2) is 0 Å². The molecule has 1 aromatic heterocycles. The Kier molecular flexibility index (Phi) is 4.07. The third-order valence-electron chi connectivity index (χ3n) is 4.75. The zero-order valence-electron chi connectivity index (χ0n) is 12.5. The van der Waals surface area contributed by atoms with E-state index in [1.54, 1.807) is 13.2 Å². The van der Waals surface area contributed by atoms with E-state index in [4.69, 9.17) is 0 Å². The number of hydrogen-bond donors (Lipinski definition) is 2. The second-order valence-electron chi connectivity index (χ2n) is 6.43. The van der Waals surface area contributed by atoms with E-state index in [1.807, 2.05) is 0 Å². The lowest BCUT2D eigenvalue weighted by molar-refractivity contribution is 0.165. The summed E-state index contributed by atoms with van der Waals surface area (Å²) in [4.78, 5) is 0.251. The molecule has 1 spiro atoms. The van der Waals surface area contributed by atoms with Gasteiger partial charge in [0.1, 0.15) is 4.90 Å². The Morgan fingerprint density at radius 1 is 1.38 bits per heavy atom. The largest absolute Gasteiger partial charge is 0.311 e. The van der Waals surface area contributed by atoms with E-state index in [0.29, 0.717) is 0 Å². The summed E-state index contributed by atoms with van der Waals surface area (Å²) in [6.07, 6.45) is 10.8. The lowest BCUT2D eigenvalue weighted by Crippen LogP contribution is -2.57. The number of nitrogens with one attached hydrogen (secondary N) is 2. The maximum Gasteiger partial charge on any atom is 0.243 e. The highest BCUT2D eigenvalue weighted by Gasteiger charge is 2.38. The van der Waals surface area contributed by atoms with E-state index in [0.717, 1.165) is 32.2 Å².